The molecule has 3 heterocycles. The number of fused-ring (bicyclic) bond motifs is 6. The number of anilines is 1. The fourth-order valence-corrected chi connectivity index (χ4v) is 7.70. The molecular formula is C25H35N5O4Si. The van der Waals surface area contributed by atoms with Crippen molar-refractivity contribution < 1.29 is 18.1 Å². The van der Waals surface area contributed by atoms with Gasteiger partial charge >= 0.3 is 14.8 Å². The third-order valence-corrected chi connectivity index (χ3v) is 9.05. The van der Waals surface area contributed by atoms with Crippen LogP contribution in [0.5, 0.6) is 0 Å². The summed E-state index contributed by atoms with van der Waals surface area (Å²) in [4.78, 5) is 14.7. The zero-order chi connectivity index (χ0) is 24.7. The summed E-state index contributed by atoms with van der Waals surface area (Å²) in [7, 11) is -2.82. The van der Waals surface area contributed by atoms with E-state index in [-0.39, 0.29) is 24.3 Å². The Morgan fingerprint density at radius 1 is 0.886 bits per heavy atom. The summed E-state index contributed by atoms with van der Waals surface area (Å²) in [5, 5.41) is 14.2. The van der Waals surface area contributed by atoms with Crippen LogP contribution in [0.2, 0.25) is 6.04 Å². The Labute approximate surface area is 208 Å². The van der Waals surface area contributed by atoms with E-state index in [9.17, 15) is 4.79 Å². The summed E-state index contributed by atoms with van der Waals surface area (Å²) in [5.41, 5.74) is 2.19. The van der Waals surface area contributed by atoms with Gasteiger partial charge in [0.1, 0.15) is 0 Å². The predicted octanol–water partition coefficient (Wildman–Crippen LogP) is 5.10. The Kier molecular flexibility index (Phi) is 8.63. The maximum Gasteiger partial charge on any atom is 0.501 e. The fraction of sp³-hybridized carbons (Fsp3) is 0.480. The quantitative estimate of drug-likeness (QED) is 0.315. The minimum atomic E-state index is -2.82. The van der Waals surface area contributed by atoms with Gasteiger partial charge < -0.3 is 23.9 Å². The molecule has 0 aromatic heterocycles. The average Bonchev–Trinajstić information content (AvgIpc) is 2.80. The summed E-state index contributed by atoms with van der Waals surface area (Å²) in [6, 6.07) is 17.2. The van der Waals surface area contributed by atoms with E-state index >= 15 is 0 Å². The van der Waals surface area contributed by atoms with Crippen molar-refractivity contribution in [2.45, 2.75) is 51.5 Å². The van der Waals surface area contributed by atoms with Gasteiger partial charge in [0.15, 0.2) is 0 Å². The molecule has 0 spiro atoms. The van der Waals surface area contributed by atoms with Crippen molar-refractivity contribution in [3.63, 3.8) is 0 Å². The molecule has 3 saturated heterocycles. The molecule has 2 aromatic carbocycles. The summed E-state index contributed by atoms with van der Waals surface area (Å²) in [6.07, 6.45) is 0.906. The molecule has 35 heavy (non-hydrogen) atoms. The number of azo groups is 1. The number of urea groups is 1. The molecule has 188 valence electrons. The molecule has 3 fully saturated rings. The van der Waals surface area contributed by atoms with Crippen LogP contribution in [0, 0.1) is 0 Å². The SMILES string of the molecule is CC1CN2CC(C)O[Si](CCCNC(=O)Nc3ccc(N=Nc4ccccc4)cc3)(O1)OC(C)C2. The van der Waals surface area contributed by atoms with Gasteiger partial charge in [-0.1, -0.05) is 18.2 Å². The second-order valence-electron chi connectivity index (χ2n) is 9.25. The number of rotatable bonds is 7. The molecule has 3 unspecified atom stereocenters. The first kappa shape index (κ1) is 25.5. The van der Waals surface area contributed by atoms with Crippen molar-refractivity contribution in [2.24, 2.45) is 10.2 Å². The van der Waals surface area contributed by atoms with Crippen molar-refractivity contribution >= 4 is 31.9 Å². The van der Waals surface area contributed by atoms with Crippen LogP contribution in [0.4, 0.5) is 21.9 Å². The number of nitrogens with one attached hydrogen (secondary N) is 2. The van der Waals surface area contributed by atoms with E-state index in [1.54, 1.807) is 12.1 Å². The molecule has 3 aliphatic rings. The zero-order valence-corrected chi connectivity index (χ0v) is 21.6. The van der Waals surface area contributed by atoms with Crippen molar-refractivity contribution in [1.82, 2.24) is 10.2 Å². The standard InChI is InChI=1S/C25H35N5O4Si/c1-19-16-30-17-20(2)33-35(32-19,34-21(3)18-30)15-7-14-26-25(31)27-22-10-12-24(13-11-22)29-28-23-8-5-4-6-9-23/h4-6,8-13,19-21H,7,14-18H2,1-3H3,(H2,26,27,31). The lowest BCUT2D eigenvalue weighted by Gasteiger charge is -2.45. The number of carbonyl (C=O) groups is 1. The highest BCUT2D eigenvalue weighted by atomic mass is 28.4. The lowest BCUT2D eigenvalue weighted by atomic mass is 10.2. The lowest BCUT2D eigenvalue weighted by molar-refractivity contribution is -0.0790. The van der Waals surface area contributed by atoms with Crippen LogP contribution in [0.25, 0.3) is 0 Å². The van der Waals surface area contributed by atoms with E-state index in [1.165, 1.54) is 0 Å². The molecule has 0 radical (unpaired) electrons. The predicted molar refractivity (Wildman–Crippen MR) is 137 cm³/mol. The lowest BCUT2D eigenvalue weighted by Crippen LogP contribution is -2.61. The molecule has 2 bridgehead atoms. The van der Waals surface area contributed by atoms with E-state index in [4.69, 9.17) is 13.3 Å². The van der Waals surface area contributed by atoms with Gasteiger partial charge in [-0.05, 0) is 63.6 Å². The molecule has 2 N–H and O–H groups in total. The monoisotopic (exact) mass is 497 g/mol. The van der Waals surface area contributed by atoms with Crippen LogP contribution in [-0.2, 0) is 13.3 Å². The van der Waals surface area contributed by atoms with Crippen LogP contribution in [-0.4, -0.2) is 64.2 Å². The Morgan fingerprint density at radius 3 is 2.00 bits per heavy atom. The summed E-state index contributed by atoms with van der Waals surface area (Å²) in [5.74, 6) is 0. The number of hydrogen-bond donors (Lipinski definition) is 2. The molecule has 10 heteroatoms. The van der Waals surface area contributed by atoms with Crippen molar-refractivity contribution in [2.75, 3.05) is 31.5 Å². The van der Waals surface area contributed by atoms with Crippen LogP contribution in [0.3, 0.4) is 0 Å². The molecule has 5 rings (SSSR count). The van der Waals surface area contributed by atoms with Gasteiger partial charge in [0, 0.05) is 37.9 Å². The Balaban J connectivity index is 1.24. The second-order valence-corrected chi connectivity index (χ2v) is 11.8. The number of hydrogen-bond acceptors (Lipinski definition) is 7. The van der Waals surface area contributed by atoms with Gasteiger partial charge in [0.25, 0.3) is 0 Å². The maximum atomic E-state index is 12.4. The van der Waals surface area contributed by atoms with E-state index in [1.807, 2.05) is 42.5 Å². The average molecular weight is 498 g/mol. The van der Waals surface area contributed by atoms with Crippen LogP contribution in [0.1, 0.15) is 27.2 Å². The first-order valence-electron chi connectivity index (χ1n) is 12.3. The summed E-state index contributed by atoms with van der Waals surface area (Å²) < 4.78 is 19.1. The van der Waals surface area contributed by atoms with Crippen molar-refractivity contribution in [3.8, 4) is 0 Å². The molecule has 3 aliphatic heterocycles. The zero-order valence-electron chi connectivity index (χ0n) is 20.6. The molecular weight excluding hydrogens is 462 g/mol. The minimum absolute atomic E-state index is 0.0631. The number of carbonyl (C=O) groups excluding carboxylic acids is 1. The van der Waals surface area contributed by atoms with Gasteiger partial charge in [0.05, 0.1) is 29.7 Å². The first-order valence-corrected chi connectivity index (χ1v) is 14.2. The first-order chi connectivity index (χ1) is 16.9. The highest BCUT2D eigenvalue weighted by molar-refractivity contribution is 6.60. The highest BCUT2D eigenvalue weighted by Gasteiger charge is 2.48. The molecule has 9 nitrogen and oxygen atoms in total. The summed E-state index contributed by atoms with van der Waals surface area (Å²) >= 11 is 0. The number of nitrogens with zero attached hydrogens (tertiary/aromatic N) is 3. The third kappa shape index (κ3) is 7.68. The van der Waals surface area contributed by atoms with E-state index in [0.29, 0.717) is 30.4 Å². The van der Waals surface area contributed by atoms with Gasteiger partial charge in [-0.3, -0.25) is 4.90 Å². The van der Waals surface area contributed by atoms with Crippen molar-refractivity contribution in [3.05, 3.63) is 54.6 Å². The van der Waals surface area contributed by atoms with Crippen LogP contribution < -0.4 is 10.6 Å². The van der Waals surface area contributed by atoms with Gasteiger partial charge in [0.2, 0.25) is 0 Å². The normalized spacial score (nSPS) is 28.8. The third-order valence-electron chi connectivity index (χ3n) is 5.80. The molecule has 2 amide bonds. The largest absolute Gasteiger partial charge is 0.501 e. The second kappa shape index (κ2) is 11.9. The molecule has 0 aliphatic carbocycles. The number of amides is 2. The molecule has 0 saturated carbocycles. The van der Waals surface area contributed by atoms with Crippen LogP contribution >= 0.6 is 0 Å². The van der Waals surface area contributed by atoms with Gasteiger partial charge in [-0.2, -0.15) is 10.2 Å². The fourth-order valence-electron chi connectivity index (χ4n) is 4.51. The van der Waals surface area contributed by atoms with Gasteiger partial charge in [-0.25, -0.2) is 4.79 Å². The smallest absolute Gasteiger partial charge is 0.369 e. The Hall–Kier alpha value is -2.63. The van der Waals surface area contributed by atoms with Crippen molar-refractivity contribution in [1.29, 1.82) is 0 Å². The molecule has 2 aromatic rings. The van der Waals surface area contributed by atoms with Crippen LogP contribution in [0.15, 0.2) is 64.8 Å². The topological polar surface area (TPSA) is 96.8 Å². The Morgan fingerprint density at radius 2 is 1.43 bits per heavy atom. The molecule has 3 atom stereocenters. The van der Waals surface area contributed by atoms with Gasteiger partial charge in [-0.15, -0.1) is 0 Å². The number of benzene rings is 2. The minimum Gasteiger partial charge on any atom is -0.369 e. The maximum absolute atomic E-state index is 12.4. The highest BCUT2D eigenvalue weighted by Crippen LogP contribution is 2.28. The van der Waals surface area contributed by atoms with E-state index in [2.05, 4.69) is 46.5 Å². The van der Waals surface area contributed by atoms with E-state index < -0.39 is 8.80 Å². The van der Waals surface area contributed by atoms with E-state index in [0.717, 1.165) is 25.3 Å². The Bertz CT molecular complexity index is 955. The summed E-state index contributed by atoms with van der Waals surface area (Å²) in [6.45, 7) is 9.41.